The van der Waals surface area contributed by atoms with Gasteiger partial charge in [-0.15, -0.1) is 0 Å². The highest BCUT2D eigenvalue weighted by atomic mass is 31.2. The average Bonchev–Trinajstić information content (AvgIpc) is 2.32. The first-order chi connectivity index (χ1) is 9.62. The van der Waals surface area contributed by atoms with Crippen molar-refractivity contribution in [2.45, 2.75) is 32.1 Å². The summed E-state index contributed by atoms with van der Waals surface area (Å²) in [7, 11) is -8.50. The third-order valence-corrected chi connectivity index (χ3v) is 3.00. The van der Waals surface area contributed by atoms with Crippen molar-refractivity contribution in [1.29, 1.82) is 0 Å². The van der Waals surface area contributed by atoms with Gasteiger partial charge >= 0.3 is 15.6 Å². The lowest BCUT2D eigenvalue weighted by Crippen LogP contribution is -2.02. The Morgan fingerprint density at radius 2 is 1.05 bits per heavy atom. The van der Waals surface area contributed by atoms with Gasteiger partial charge in [0.05, 0.1) is 13.2 Å². The molecule has 130 valence electrons. The highest BCUT2D eigenvalue weighted by Crippen LogP contribution is 2.36. The number of nitrogens with two attached hydrogens (primary N) is 2. The average molecular weight is 352 g/mol. The number of phosphoric ester groups is 2. The normalized spacial score (nSPS) is 11.9. The summed E-state index contributed by atoms with van der Waals surface area (Å²) in [5.74, 6) is 0. The van der Waals surface area contributed by atoms with Crippen LogP contribution in [0.25, 0.3) is 0 Å². The Balaban J connectivity index is 0. The molecule has 10 nitrogen and oxygen atoms in total. The predicted octanol–water partition coefficient (Wildman–Crippen LogP) is 0.0593. The summed E-state index contributed by atoms with van der Waals surface area (Å²) < 4.78 is 28.4. The van der Waals surface area contributed by atoms with E-state index in [0.717, 1.165) is 19.3 Å². The fourth-order valence-corrected chi connectivity index (χ4v) is 1.78. The zero-order chi connectivity index (χ0) is 16.8. The summed E-state index contributed by atoms with van der Waals surface area (Å²) in [5.41, 5.74) is 10.3. The highest BCUT2D eigenvalue weighted by Gasteiger charge is 2.12. The van der Waals surface area contributed by atoms with Crippen LogP contribution in [0.15, 0.2) is 0 Å². The molecular weight excluding hydrogens is 326 g/mol. The van der Waals surface area contributed by atoms with Gasteiger partial charge in [-0.1, -0.05) is 12.8 Å². The molecule has 0 aliphatic heterocycles. The zero-order valence-electron chi connectivity index (χ0n) is 11.8. The Hall–Kier alpha value is 0.140. The molecular formula is C9H26N2O8P2. The standard InChI is InChI=1S/C6H16NO4P.C3H10NO4P/c7-5-3-1-2-4-6-11-12(8,9)10;4-2-1-3-8-9(5,6)7/h1-7H2,(H2,8,9,10);1-4H2,(H2,5,6,7). The van der Waals surface area contributed by atoms with Crippen molar-refractivity contribution in [2.75, 3.05) is 26.3 Å². The Kier molecular flexibility index (Phi) is 15.4. The van der Waals surface area contributed by atoms with E-state index in [2.05, 4.69) is 9.05 Å². The molecule has 0 bridgehead atoms. The number of hydrogen-bond acceptors (Lipinski definition) is 6. The van der Waals surface area contributed by atoms with E-state index in [-0.39, 0.29) is 13.2 Å². The summed E-state index contributed by atoms with van der Waals surface area (Å²) in [5, 5.41) is 0. The van der Waals surface area contributed by atoms with Gasteiger partial charge in [0.2, 0.25) is 0 Å². The van der Waals surface area contributed by atoms with Crippen LogP contribution in [0.5, 0.6) is 0 Å². The van der Waals surface area contributed by atoms with Crippen molar-refractivity contribution < 1.29 is 37.8 Å². The van der Waals surface area contributed by atoms with Crippen LogP contribution in [-0.4, -0.2) is 45.9 Å². The van der Waals surface area contributed by atoms with Gasteiger partial charge in [-0.05, 0) is 32.4 Å². The fourth-order valence-electron chi connectivity index (χ4n) is 1.05. The van der Waals surface area contributed by atoms with Crippen LogP contribution >= 0.6 is 15.6 Å². The largest absolute Gasteiger partial charge is 0.469 e. The SMILES string of the molecule is NCCCCCCOP(=O)(O)O.NCCCOP(=O)(O)O. The topological polar surface area (TPSA) is 186 Å². The van der Waals surface area contributed by atoms with E-state index < -0.39 is 15.6 Å². The third-order valence-electron chi connectivity index (χ3n) is 1.97. The van der Waals surface area contributed by atoms with Crippen LogP contribution in [-0.2, 0) is 18.2 Å². The first-order valence-corrected chi connectivity index (χ1v) is 9.48. The van der Waals surface area contributed by atoms with Crippen molar-refractivity contribution in [2.24, 2.45) is 11.5 Å². The molecule has 0 aromatic heterocycles. The minimum Gasteiger partial charge on any atom is -0.330 e. The van der Waals surface area contributed by atoms with E-state index >= 15 is 0 Å². The van der Waals surface area contributed by atoms with Crippen LogP contribution < -0.4 is 11.5 Å². The molecule has 0 aliphatic rings. The Morgan fingerprint density at radius 3 is 1.43 bits per heavy atom. The molecule has 0 heterocycles. The zero-order valence-corrected chi connectivity index (χ0v) is 13.6. The number of phosphoric acid groups is 2. The Labute approximate surface area is 124 Å². The summed E-state index contributed by atoms with van der Waals surface area (Å²) >= 11 is 0. The van der Waals surface area contributed by atoms with Crippen LogP contribution in [0.4, 0.5) is 0 Å². The predicted molar refractivity (Wildman–Crippen MR) is 77.2 cm³/mol. The molecule has 0 spiro atoms. The van der Waals surface area contributed by atoms with E-state index in [0.29, 0.717) is 25.9 Å². The molecule has 0 aliphatic carbocycles. The van der Waals surface area contributed by atoms with E-state index in [1.165, 1.54) is 0 Å². The second-order valence-corrected chi connectivity index (χ2v) is 6.47. The van der Waals surface area contributed by atoms with Gasteiger partial charge in [-0.2, -0.15) is 0 Å². The van der Waals surface area contributed by atoms with Crippen LogP contribution in [0.1, 0.15) is 32.1 Å². The summed E-state index contributed by atoms with van der Waals surface area (Å²) in [6.07, 6.45) is 3.98. The second-order valence-electron chi connectivity index (χ2n) is 3.99. The van der Waals surface area contributed by atoms with Gasteiger partial charge in [0.25, 0.3) is 0 Å². The maximum atomic E-state index is 10.2. The van der Waals surface area contributed by atoms with Crippen LogP contribution in [0.3, 0.4) is 0 Å². The molecule has 0 radical (unpaired) electrons. The van der Waals surface area contributed by atoms with E-state index in [1.54, 1.807) is 0 Å². The molecule has 0 amide bonds. The first-order valence-electron chi connectivity index (χ1n) is 6.42. The molecule has 8 N–H and O–H groups in total. The van der Waals surface area contributed by atoms with Crippen molar-refractivity contribution in [3.8, 4) is 0 Å². The monoisotopic (exact) mass is 352 g/mol. The first kappa shape index (κ1) is 23.4. The summed E-state index contributed by atoms with van der Waals surface area (Å²) in [6.45, 7) is 1.18. The smallest absolute Gasteiger partial charge is 0.330 e. The van der Waals surface area contributed by atoms with Gasteiger partial charge in [0, 0.05) is 0 Å². The number of hydrogen-bond donors (Lipinski definition) is 6. The van der Waals surface area contributed by atoms with Crippen LogP contribution in [0, 0.1) is 0 Å². The summed E-state index contributed by atoms with van der Waals surface area (Å²) in [4.78, 5) is 32.8. The molecule has 0 saturated heterocycles. The lowest BCUT2D eigenvalue weighted by Gasteiger charge is -2.03. The minimum absolute atomic E-state index is 0.0147. The number of rotatable bonds is 11. The molecule has 12 heteroatoms. The van der Waals surface area contributed by atoms with Crippen molar-refractivity contribution in [3.63, 3.8) is 0 Å². The molecule has 0 rings (SSSR count). The lowest BCUT2D eigenvalue weighted by atomic mass is 10.2. The van der Waals surface area contributed by atoms with Crippen molar-refractivity contribution in [3.05, 3.63) is 0 Å². The van der Waals surface area contributed by atoms with E-state index in [9.17, 15) is 9.13 Å². The highest BCUT2D eigenvalue weighted by molar-refractivity contribution is 7.46. The van der Waals surface area contributed by atoms with Gasteiger partial charge in [0.15, 0.2) is 0 Å². The molecule has 21 heavy (non-hydrogen) atoms. The molecule has 0 aromatic carbocycles. The Morgan fingerprint density at radius 1 is 0.667 bits per heavy atom. The number of unbranched alkanes of at least 4 members (excludes halogenated alkanes) is 3. The molecule has 0 fully saturated rings. The Bertz CT molecular complexity index is 319. The van der Waals surface area contributed by atoms with Gasteiger partial charge in [-0.3, -0.25) is 9.05 Å². The maximum Gasteiger partial charge on any atom is 0.469 e. The molecule has 0 aromatic rings. The van der Waals surface area contributed by atoms with E-state index in [1.807, 2.05) is 0 Å². The van der Waals surface area contributed by atoms with Gasteiger partial charge in [0.1, 0.15) is 0 Å². The summed E-state index contributed by atoms with van der Waals surface area (Å²) in [6, 6.07) is 0. The quantitative estimate of drug-likeness (QED) is 0.219. The van der Waals surface area contributed by atoms with Crippen molar-refractivity contribution >= 4 is 15.6 Å². The van der Waals surface area contributed by atoms with Crippen LogP contribution in [0.2, 0.25) is 0 Å². The molecule has 0 atom stereocenters. The third kappa shape index (κ3) is 28.9. The second kappa shape index (κ2) is 13.8. The molecule has 0 saturated carbocycles. The van der Waals surface area contributed by atoms with Gasteiger partial charge in [-0.25, -0.2) is 9.13 Å². The maximum absolute atomic E-state index is 10.2. The van der Waals surface area contributed by atoms with Gasteiger partial charge < -0.3 is 31.0 Å². The van der Waals surface area contributed by atoms with Crippen molar-refractivity contribution in [1.82, 2.24) is 0 Å². The molecule has 0 unspecified atom stereocenters. The lowest BCUT2D eigenvalue weighted by molar-refractivity contribution is 0.192. The fraction of sp³-hybridized carbons (Fsp3) is 1.00. The minimum atomic E-state index is -4.25. The van der Waals surface area contributed by atoms with E-state index in [4.69, 9.17) is 31.0 Å².